The lowest BCUT2D eigenvalue weighted by Gasteiger charge is -2.24. The van der Waals surface area contributed by atoms with Gasteiger partial charge in [-0.15, -0.1) is 0 Å². The van der Waals surface area contributed by atoms with E-state index in [1.54, 1.807) is 6.92 Å². The molecule has 0 bridgehead atoms. The molecular formula is C14H25N3O4. The molecule has 1 saturated carbocycles. The highest BCUT2D eigenvalue weighted by Gasteiger charge is 2.41. The average Bonchev–Trinajstić information content (AvgIpc) is 2.85. The summed E-state index contributed by atoms with van der Waals surface area (Å²) < 4.78 is 0. The molecule has 21 heavy (non-hydrogen) atoms. The van der Waals surface area contributed by atoms with Crippen molar-refractivity contribution in [2.45, 2.75) is 58.5 Å². The van der Waals surface area contributed by atoms with Gasteiger partial charge in [0.05, 0.1) is 5.41 Å². The van der Waals surface area contributed by atoms with Crippen LogP contribution in [0, 0.1) is 5.41 Å². The van der Waals surface area contributed by atoms with Gasteiger partial charge in [0.15, 0.2) is 0 Å². The minimum absolute atomic E-state index is 0.00132. The van der Waals surface area contributed by atoms with Gasteiger partial charge in [-0.1, -0.05) is 12.8 Å². The van der Waals surface area contributed by atoms with Crippen LogP contribution in [0.3, 0.4) is 0 Å². The molecule has 0 aliphatic heterocycles. The van der Waals surface area contributed by atoms with E-state index < -0.39 is 23.5 Å². The molecule has 1 atom stereocenters. The fourth-order valence-electron chi connectivity index (χ4n) is 2.49. The number of carbonyl (C=O) groups is 3. The number of amides is 3. The summed E-state index contributed by atoms with van der Waals surface area (Å²) in [4.78, 5) is 34.8. The van der Waals surface area contributed by atoms with Crippen LogP contribution in [0.2, 0.25) is 0 Å². The predicted octanol–water partition coefficient (Wildman–Crippen LogP) is 0.844. The molecule has 0 spiro atoms. The first-order chi connectivity index (χ1) is 9.77. The van der Waals surface area contributed by atoms with E-state index in [9.17, 15) is 19.5 Å². The Bertz CT molecular complexity index is 403. The Morgan fingerprint density at radius 2 is 1.67 bits per heavy atom. The van der Waals surface area contributed by atoms with Crippen molar-refractivity contribution >= 4 is 17.9 Å². The van der Waals surface area contributed by atoms with Crippen molar-refractivity contribution in [1.82, 2.24) is 16.0 Å². The molecule has 0 saturated heterocycles. The van der Waals surface area contributed by atoms with Crippen LogP contribution in [0.5, 0.6) is 0 Å². The SMILES string of the molecule is CC(C)NC(=O)C(C)NC(=O)NCC1(C(=O)O)CCCC1. The van der Waals surface area contributed by atoms with Crippen LogP contribution in [-0.2, 0) is 9.59 Å². The average molecular weight is 299 g/mol. The molecule has 0 radical (unpaired) electrons. The van der Waals surface area contributed by atoms with Gasteiger partial charge in [0.1, 0.15) is 6.04 Å². The molecule has 1 rings (SSSR count). The molecular weight excluding hydrogens is 274 g/mol. The zero-order valence-electron chi connectivity index (χ0n) is 12.9. The third kappa shape index (κ3) is 4.91. The van der Waals surface area contributed by atoms with E-state index in [2.05, 4.69) is 16.0 Å². The minimum atomic E-state index is -0.870. The van der Waals surface area contributed by atoms with Crippen molar-refractivity contribution in [2.75, 3.05) is 6.54 Å². The number of carbonyl (C=O) groups excluding carboxylic acids is 2. The fourth-order valence-corrected chi connectivity index (χ4v) is 2.49. The molecule has 120 valence electrons. The number of urea groups is 1. The first-order valence-electron chi connectivity index (χ1n) is 7.35. The van der Waals surface area contributed by atoms with Gasteiger partial charge in [0, 0.05) is 12.6 Å². The molecule has 0 aromatic rings. The van der Waals surface area contributed by atoms with Crippen LogP contribution in [0.15, 0.2) is 0 Å². The molecule has 1 fully saturated rings. The van der Waals surface area contributed by atoms with Gasteiger partial charge < -0.3 is 21.1 Å². The molecule has 0 aromatic carbocycles. The summed E-state index contributed by atoms with van der Waals surface area (Å²) in [5.41, 5.74) is -0.860. The summed E-state index contributed by atoms with van der Waals surface area (Å²) in [6.07, 6.45) is 2.88. The Morgan fingerprint density at radius 3 is 2.14 bits per heavy atom. The quantitative estimate of drug-likeness (QED) is 0.583. The van der Waals surface area contributed by atoms with Gasteiger partial charge >= 0.3 is 12.0 Å². The van der Waals surface area contributed by atoms with Gasteiger partial charge in [-0.3, -0.25) is 9.59 Å². The molecule has 1 aliphatic rings. The normalized spacial score (nSPS) is 18.1. The van der Waals surface area contributed by atoms with Gasteiger partial charge in [-0.25, -0.2) is 4.79 Å². The summed E-state index contributed by atoms with van der Waals surface area (Å²) in [7, 11) is 0. The molecule has 1 unspecified atom stereocenters. The number of hydrogen-bond donors (Lipinski definition) is 4. The number of hydrogen-bond acceptors (Lipinski definition) is 3. The predicted molar refractivity (Wildman–Crippen MR) is 77.8 cm³/mol. The van der Waals surface area contributed by atoms with E-state index in [1.807, 2.05) is 13.8 Å². The second-order valence-corrected chi connectivity index (χ2v) is 6.00. The summed E-state index contributed by atoms with van der Waals surface area (Å²) in [6.45, 7) is 5.34. The lowest BCUT2D eigenvalue weighted by molar-refractivity contribution is -0.148. The van der Waals surface area contributed by atoms with E-state index in [-0.39, 0.29) is 18.5 Å². The maximum Gasteiger partial charge on any atom is 0.315 e. The molecule has 0 heterocycles. The van der Waals surface area contributed by atoms with Crippen LogP contribution in [0.1, 0.15) is 46.5 Å². The monoisotopic (exact) mass is 299 g/mol. The van der Waals surface area contributed by atoms with Crippen LogP contribution in [0.4, 0.5) is 4.79 Å². The van der Waals surface area contributed by atoms with Crippen molar-refractivity contribution in [1.29, 1.82) is 0 Å². The highest BCUT2D eigenvalue weighted by atomic mass is 16.4. The zero-order chi connectivity index (χ0) is 16.0. The van der Waals surface area contributed by atoms with Crippen LogP contribution in [0.25, 0.3) is 0 Å². The van der Waals surface area contributed by atoms with Crippen molar-refractivity contribution in [3.05, 3.63) is 0 Å². The van der Waals surface area contributed by atoms with Gasteiger partial charge in [0.2, 0.25) is 5.91 Å². The first-order valence-corrected chi connectivity index (χ1v) is 7.35. The van der Waals surface area contributed by atoms with Gasteiger partial charge in [0.25, 0.3) is 0 Å². The maximum atomic E-state index is 11.8. The van der Waals surface area contributed by atoms with E-state index in [4.69, 9.17) is 0 Å². The van der Waals surface area contributed by atoms with Gasteiger partial charge in [-0.05, 0) is 33.6 Å². The van der Waals surface area contributed by atoms with Crippen LogP contribution >= 0.6 is 0 Å². The second kappa shape index (κ2) is 7.28. The van der Waals surface area contributed by atoms with Crippen LogP contribution < -0.4 is 16.0 Å². The third-order valence-electron chi connectivity index (χ3n) is 3.77. The van der Waals surface area contributed by atoms with E-state index >= 15 is 0 Å². The molecule has 7 heteroatoms. The van der Waals surface area contributed by atoms with Crippen molar-refractivity contribution in [3.63, 3.8) is 0 Å². The Balaban J connectivity index is 2.43. The van der Waals surface area contributed by atoms with Crippen molar-refractivity contribution < 1.29 is 19.5 Å². The number of rotatable bonds is 6. The molecule has 1 aliphatic carbocycles. The Labute approximate surface area is 124 Å². The third-order valence-corrected chi connectivity index (χ3v) is 3.77. The fraction of sp³-hybridized carbons (Fsp3) is 0.786. The number of carboxylic acid groups (broad SMARTS) is 1. The van der Waals surface area contributed by atoms with E-state index in [0.717, 1.165) is 12.8 Å². The first kappa shape index (κ1) is 17.3. The Hall–Kier alpha value is -1.79. The zero-order valence-corrected chi connectivity index (χ0v) is 12.9. The molecule has 0 aromatic heterocycles. The molecule has 3 amide bonds. The summed E-state index contributed by atoms with van der Waals surface area (Å²) in [5, 5.41) is 17.1. The van der Waals surface area contributed by atoms with E-state index in [0.29, 0.717) is 12.8 Å². The van der Waals surface area contributed by atoms with Gasteiger partial charge in [-0.2, -0.15) is 0 Å². The highest BCUT2D eigenvalue weighted by Crippen LogP contribution is 2.37. The second-order valence-electron chi connectivity index (χ2n) is 6.00. The summed E-state index contributed by atoms with van der Waals surface area (Å²) >= 11 is 0. The van der Waals surface area contributed by atoms with E-state index in [1.165, 1.54) is 0 Å². The number of carboxylic acids is 1. The lowest BCUT2D eigenvalue weighted by Crippen LogP contribution is -2.52. The lowest BCUT2D eigenvalue weighted by atomic mass is 9.86. The van der Waals surface area contributed by atoms with Crippen molar-refractivity contribution in [2.24, 2.45) is 5.41 Å². The summed E-state index contributed by atoms with van der Waals surface area (Å²) in [5.74, 6) is -1.14. The smallest absolute Gasteiger partial charge is 0.315 e. The maximum absolute atomic E-state index is 11.8. The Morgan fingerprint density at radius 1 is 1.10 bits per heavy atom. The standard InChI is InChI=1S/C14H25N3O4/c1-9(2)16-11(18)10(3)17-13(21)15-8-14(12(19)20)6-4-5-7-14/h9-10H,4-8H2,1-3H3,(H,16,18)(H,19,20)(H2,15,17,21). The highest BCUT2D eigenvalue weighted by molar-refractivity contribution is 5.87. The summed E-state index contributed by atoms with van der Waals surface area (Å²) in [6, 6.07) is -1.19. The molecule has 4 N–H and O–H groups in total. The van der Waals surface area contributed by atoms with Crippen LogP contribution in [-0.4, -0.2) is 41.6 Å². The topological polar surface area (TPSA) is 108 Å². The molecule has 7 nitrogen and oxygen atoms in total. The number of nitrogens with one attached hydrogen (secondary N) is 3. The minimum Gasteiger partial charge on any atom is -0.481 e. The van der Waals surface area contributed by atoms with Crippen molar-refractivity contribution in [3.8, 4) is 0 Å². The number of aliphatic carboxylic acids is 1. The Kier molecular flexibility index (Phi) is 5.99. The largest absolute Gasteiger partial charge is 0.481 e.